The van der Waals surface area contributed by atoms with Crippen LogP contribution in [0.15, 0.2) is 35.2 Å². The number of aromatic nitrogens is 4. The number of thiazole rings is 1. The Morgan fingerprint density at radius 3 is 2.64 bits per heavy atom. The molecule has 0 aliphatic rings. The molecule has 0 aliphatic heterocycles. The highest BCUT2D eigenvalue weighted by molar-refractivity contribution is 9.10. The molecule has 1 atom stereocenters. The average Bonchev–Trinajstić information content (AvgIpc) is 3.31. The van der Waals surface area contributed by atoms with Crippen molar-refractivity contribution in [3.05, 3.63) is 51.5 Å². The predicted octanol–water partition coefficient (Wildman–Crippen LogP) is 3.01. The summed E-state index contributed by atoms with van der Waals surface area (Å²) in [6, 6.07) is 2.80. The molecule has 14 heteroatoms. The summed E-state index contributed by atoms with van der Waals surface area (Å²) >= 11 is 4.28. The molecule has 0 spiro atoms. The first kappa shape index (κ1) is 24.6. The van der Waals surface area contributed by atoms with Crippen molar-refractivity contribution in [2.45, 2.75) is 19.3 Å². The number of nitrogens with one attached hydrogen (secondary N) is 1. The van der Waals surface area contributed by atoms with Crippen LogP contribution in [-0.4, -0.2) is 51.9 Å². The summed E-state index contributed by atoms with van der Waals surface area (Å²) in [6.45, 7) is 1.66. The van der Waals surface area contributed by atoms with E-state index in [1.807, 2.05) is 0 Å². The molecule has 1 aromatic carbocycles. The van der Waals surface area contributed by atoms with Gasteiger partial charge < -0.3 is 15.0 Å². The third-order valence-electron chi connectivity index (χ3n) is 4.29. The molecule has 176 valence electrons. The van der Waals surface area contributed by atoms with Gasteiger partial charge in [0.05, 0.1) is 7.05 Å². The monoisotopic (exact) mass is 547 g/mol. The van der Waals surface area contributed by atoms with Gasteiger partial charge in [-0.2, -0.15) is 4.98 Å². The molecule has 9 nitrogen and oxygen atoms in total. The minimum Gasteiger partial charge on any atom is -0.406 e. The molecule has 33 heavy (non-hydrogen) atoms. The predicted molar refractivity (Wildman–Crippen MR) is 115 cm³/mol. The van der Waals surface area contributed by atoms with Gasteiger partial charge in [0, 0.05) is 24.1 Å². The number of aryl methyl sites for hydroxylation is 1. The lowest BCUT2D eigenvalue weighted by Gasteiger charge is -2.13. The number of nitrogens with zero attached hydrogens (tertiary/aromatic N) is 5. The Morgan fingerprint density at radius 1 is 1.30 bits per heavy atom. The normalized spacial score (nSPS) is 12.4. The Kier molecular flexibility index (Phi) is 7.07. The fourth-order valence-corrected chi connectivity index (χ4v) is 4.44. The number of amides is 2. The Morgan fingerprint density at radius 2 is 2.00 bits per heavy atom. The van der Waals surface area contributed by atoms with Crippen LogP contribution in [0, 0.1) is 0 Å². The highest BCUT2D eigenvalue weighted by atomic mass is 79.9. The van der Waals surface area contributed by atoms with E-state index in [4.69, 9.17) is 0 Å². The Bertz CT molecular complexity index is 1190. The van der Waals surface area contributed by atoms with Crippen LogP contribution >= 0.6 is 27.3 Å². The Labute approximate surface area is 198 Å². The third kappa shape index (κ3) is 5.87. The molecular weight excluding hydrogens is 529 g/mol. The summed E-state index contributed by atoms with van der Waals surface area (Å²) in [5, 5.41) is 7.48. The first-order valence-corrected chi connectivity index (χ1v) is 10.9. The van der Waals surface area contributed by atoms with Crippen LogP contribution in [0.2, 0.25) is 0 Å². The number of rotatable bonds is 6. The maximum absolute atomic E-state index is 12.7. The van der Waals surface area contributed by atoms with Gasteiger partial charge in [-0.15, -0.1) is 13.2 Å². The molecule has 0 fully saturated rings. The van der Waals surface area contributed by atoms with Crippen molar-refractivity contribution in [3.8, 4) is 10.9 Å². The van der Waals surface area contributed by atoms with E-state index >= 15 is 0 Å². The zero-order valence-corrected chi connectivity index (χ0v) is 20.2. The summed E-state index contributed by atoms with van der Waals surface area (Å²) in [6.07, 6.45) is -1.92. The van der Waals surface area contributed by atoms with E-state index in [1.165, 1.54) is 33.3 Å². The van der Waals surface area contributed by atoms with E-state index in [-0.39, 0.29) is 15.9 Å². The fraction of sp³-hybridized carbons (Fsp3) is 0.316. The number of carbonyl (C=O) groups is 2. The number of ether oxygens (including phenoxy) is 1. The minimum atomic E-state index is -4.89. The second-order valence-electron chi connectivity index (χ2n) is 7.14. The lowest BCUT2D eigenvalue weighted by Crippen LogP contribution is -2.34. The van der Waals surface area contributed by atoms with Crippen LogP contribution in [0.4, 0.5) is 13.2 Å². The number of benzene rings is 1. The smallest absolute Gasteiger partial charge is 0.406 e. The lowest BCUT2D eigenvalue weighted by molar-refractivity contribution is -0.661. The quantitative estimate of drug-likeness (QED) is 0.479. The highest BCUT2D eigenvalue weighted by Gasteiger charge is 2.32. The molecule has 0 bridgehead atoms. The maximum atomic E-state index is 12.7. The second kappa shape index (κ2) is 9.47. The van der Waals surface area contributed by atoms with Gasteiger partial charge in [0.15, 0.2) is 6.33 Å². The van der Waals surface area contributed by atoms with E-state index in [1.54, 1.807) is 38.8 Å². The first-order chi connectivity index (χ1) is 15.4. The topological polar surface area (TPSA) is 93.2 Å². The molecule has 3 rings (SSSR count). The van der Waals surface area contributed by atoms with Crippen molar-refractivity contribution in [1.82, 2.24) is 25.0 Å². The Hall–Kier alpha value is -3.00. The summed E-state index contributed by atoms with van der Waals surface area (Å²) in [5.74, 6) is -0.964. The Balaban J connectivity index is 1.84. The maximum Gasteiger partial charge on any atom is 0.573 e. The first-order valence-electron chi connectivity index (χ1n) is 9.34. The summed E-state index contributed by atoms with van der Waals surface area (Å²) < 4.78 is 45.0. The van der Waals surface area contributed by atoms with Gasteiger partial charge in [0.25, 0.3) is 11.8 Å². The summed E-state index contributed by atoms with van der Waals surface area (Å²) in [5.41, 5.74) is -0.0397. The molecule has 0 radical (unpaired) electrons. The van der Waals surface area contributed by atoms with Crippen LogP contribution < -0.4 is 14.6 Å². The molecule has 2 amide bonds. The van der Waals surface area contributed by atoms with Gasteiger partial charge in [-0.3, -0.25) is 9.59 Å². The van der Waals surface area contributed by atoms with E-state index in [0.29, 0.717) is 15.8 Å². The molecule has 2 aromatic heterocycles. The van der Waals surface area contributed by atoms with Crippen LogP contribution in [0.3, 0.4) is 0 Å². The van der Waals surface area contributed by atoms with Gasteiger partial charge in [-0.1, -0.05) is 25.7 Å². The van der Waals surface area contributed by atoms with Crippen molar-refractivity contribution in [2.24, 2.45) is 7.05 Å². The van der Waals surface area contributed by atoms with Crippen LogP contribution in [0.25, 0.3) is 5.13 Å². The van der Waals surface area contributed by atoms with Crippen molar-refractivity contribution < 1.29 is 32.1 Å². The molecule has 0 aliphatic carbocycles. The summed E-state index contributed by atoms with van der Waals surface area (Å²) in [7, 11) is 5.04. The number of alkyl halides is 3. The lowest BCUT2D eigenvalue weighted by atomic mass is 10.2. The number of hydrogen-bond acceptors (Lipinski definition) is 6. The highest BCUT2D eigenvalue weighted by Crippen LogP contribution is 2.28. The van der Waals surface area contributed by atoms with Gasteiger partial charge >= 0.3 is 11.5 Å². The molecule has 0 saturated carbocycles. The second-order valence-corrected chi connectivity index (χ2v) is 9.06. The largest absolute Gasteiger partial charge is 0.573 e. The van der Waals surface area contributed by atoms with Crippen molar-refractivity contribution in [3.63, 3.8) is 0 Å². The van der Waals surface area contributed by atoms with Gasteiger partial charge in [0.2, 0.25) is 5.82 Å². The van der Waals surface area contributed by atoms with Gasteiger partial charge in [-0.05, 0) is 36.5 Å². The van der Waals surface area contributed by atoms with E-state index in [0.717, 1.165) is 12.1 Å². The molecular formula is C19H19BrF3N6O3S+. The number of hydrogen-bond donors (Lipinski definition) is 1. The SMILES string of the molecule is C[C@H](NC(=O)c1cc(Br)cc(OC(F)(F)F)c1)c1ncnn1-c1sc(C(=O)N(C)C)c[n+]1C. The van der Waals surface area contributed by atoms with Gasteiger partial charge in [-0.25, -0.2) is 4.57 Å². The van der Waals surface area contributed by atoms with Crippen molar-refractivity contribution >= 4 is 39.1 Å². The fourth-order valence-electron chi connectivity index (χ4n) is 2.86. The molecule has 2 heterocycles. The van der Waals surface area contributed by atoms with E-state index in [2.05, 4.69) is 36.1 Å². The third-order valence-corrected chi connectivity index (χ3v) is 5.89. The van der Waals surface area contributed by atoms with Crippen molar-refractivity contribution in [1.29, 1.82) is 0 Å². The number of carbonyl (C=O) groups excluding carboxylic acids is 2. The zero-order valence-electron chi connectivity index (χ0n) is 17.8. The van der Waals surface area contributed by atoms with Crippen LogP contribution in [0.1, 0.15) is 38.8 Å². The zero-order chi connectivity index (χ0) is 24.5. The minimum absolute atomic E-state index is 0.0397. The molecule has 0 unspecified atom stereocenters. The van der Waals surface area contributed by atoms with Crippen molar-refractivity contribution in [2.75, 3.05) is 14.1 Å². The van der Waals surface area contributed by atoms with Crippen LogP contribution in [0.5, 0.6) is 5.75 Å². The standard InChI is InChI=1S/C19H18BrF3N6O3S/c1-10(26-16(30)11-5-12(20)7-13(6-11)32-19(21,22)23)15-24-9-25-29(15)18-28(4)8-14(33-18)17(31)27(2)3/h5-10H,1-4H3/p+1/t10-/m0/s1. The summed E-state index contributed by atoms with van der Waals surface area (Å²) in [4.78, 5) is 31.2. The average molecular weight is 548 g/mol. The number of halogens is 4. The molecule has 0 saturated heterocycles. The molecule has 3 aromatic rings. The molecule has 1 N–H and O–H groups in total. The van der Waals surface area contributed by atoms with Gasteiger partial charge in [0.1, 0.15) is 22.9 Å². The van der Waals surface area contributed by atoms with Crippen LogP contribution in [-0.2, 0) is 7.05 Å². The van der Waals surface area contributed by atoms with E-state index in [9.17, 15) is 22.8 Å². The van der Waals surface area contributed by atoms with E-state index < -0.39 is 24.1 Å².